The summed E-state index contributed by atoms with van der Waals surface area (Å²) >= 11 is 0. The number of ether oxygens (including phenoxy) is 1. The van der Waals surface area contributed by atoms with Crippen molar-refractivity contribution in [3.63, 3.8) is 0 Å². The lowest BCUT2D eigenvalue weighted by Crippen LogP contribution is -2.28. The molecule has 1 amide bonds. The molecule has 282 valence electrons. The summed E-state index contributed by atoms with van der Waals surface area (Å²) in [6.07, 6.45) is 52.9. The van der Waals surface area contributed by atoms with Gasteiger partial charge in [-0.25, -0.2) is 0 Å². The second-order valence-corrected chi connectivity index (χ2v) is 12.8. The average Bonchev–Trinajstić information content (AvgIpc) is 3.10. The van der Waals surface area contributed by atoms with Crippen LogP contribution in [0, 0.1) is 0 Å². The number of carboxylic acids is 1. The Morgan fingerprint density at radius 1 is 0.540 bits per heavy atom. The summed E-state index contributed by atoms with van der Waals surface area (Å²) in [4.78, 5) is 34.9. The van der Waals surface area contributed by atoms with Crippen LogP contribution in [0.1, 0.15) is 162 Å². The fraction of sp³-hybridized carbons (Fsp3) is 0.614. The number of esters is 1. The number of amides is 1. The smallest absolute Gasteiger partial charge is 0.322 e. The number of nitrogens with one attached hydrogen (secondary N) is 1. The van der Waals surface area contributed by atoms with E-state index in [2.05, 4.69) is 98.2 Å². The van der Waals surface area contributed by atoms with Crippen molar-refractivity contribution in [3.8, 4) is 0 Å². The van der Waals surface area contributed by atoms with E-state index in [9.17, 15) is 14.4 Å². The molecule has 0 fully saturated rings. The molecule has 6 heteroatoms. The van der Waals surface area contributed by atoms with Crippen LogP contribution in [0.4, 0.5) is 0 Å². The normalized spacial score (nSPS) is 13.0. The molecule has 1 unspecified atom stereocenters. The first-order chi connectivity index (χ1) is 24.5. The van der Waals surface area contributed by atoms with Crippen LogP contribution in [0.25, 0.3) is 0 Å². The first kappa shape index (κ1) is 46.6. The molecule has 50 heavy (non-hydrogen) atoms. The molecule has 0 aromatic carbocycles. The van der Waals surface area contributed by atoms with E-state index in [-0.39, 0.29) is 24.5 Å². The molecule has 1 atom stereocenters. The zero-order valence-electron chi connectivity index (χ0n) is 31.7. The maximum atomic E-state index is 12.7. The van der Waals surface area contributed by atoms with Crippen molar-refractivity contribution >= 4 is 17.8 Å². The summed E-state index contributed by atoms with van der Waals surface area (Å²) in [6, 6.07) is 0. The molecule has 0 spiro atoms. The van der Waals surface area contributed by atoms with E-state index >= 15 is 0 Å². The molecule has 0 radical (unpaired) electrons. The van der Waals surface area contributed by atoms with E-state index in [1.165, 1.54) is 32.1 Å². The summed E-state index contributed by atoms with van der Waals surface area (Å²) in [5, 5.41) is 11.1. The van der Waals surface area contributed by atoms with Crippen LogP contribution in [0.3, 0.4) is 0 Å². The molecule has 0 aliphatic heterocycles. The number of carbonyl (C=O) groups is 3. The minimum Gasteiger partial charge on any atom is -0.480 e. The topological polar surface area (TPSA) is 92.7 Å². The molecule has 0 bridgehead atoms. The summed E-state index contributed by atoms with van der Waals surface area (Å²) in [7, 11) is 0. The van der Waals surface area contributed by atoms with E-state index in [1.807, 2.05) is 6.08 Å². The maximum absolute atomic E-state index is 12.7. The highest BCUT2D eigenvalue weighted by atomic mass is 16.5. The van der Waals surface area contributed by atoms with Gasteiger partial charge >= 0.3 is 11.9 Å². The molecule has 0 saturated heterocycles. The van der Waals surface area contributed by atoms with Gasteiger partial charge in [0.15, 0.2) is 0 Å². The minimum absolute atomic E-state index is 0.108. The van der Waals surface area contributed by atoms with Gasteiger partial charge in [0.2, 0.25) is 5.91 Å². The third-order valence-corrected chi connectivity index (χ3v) is 8.05. The molecule has 0 aliphatic rings. The van der Waals surface area contributed by atoms with Gasteiger partial charge in [-0.05, 0) is 89.5 Å². The highest BCUT2D eigenvalue weighted by Crippen LogP contribution is 2.15. The van der Waals surface area contributed by atoms with Crippen molar-refractivity contribution in [2.24, 2.45) is 0 Å². The number of carboxylic acid groups (broad SMARTS) is 1. The highest BCUT2D eigenvalue weighted by Gasteiger charge is 2.11. The van der Waals surface area contributed by atoms with Gasteiger partial charge < -0.3 is 15.2 Å². The lowest BCUT2D eigenvalue weighted by molar-refractivity contribution is -0.147. The van der Waals surface area contributed by atoms with Gasteiger partial charge in [0.05, 0.1) is 0 Å². The summed E-state index contributed by atoms with van der Waals surface area (Å²) < 4.78 is 5.89. The number of unbranched alkanes of at least 4 members (excludes halogenated alkanes) is 11. The standard InChI is InChI=1S/C44H71NO5/c1-3-5-7-9-11-13-15-16-17-18-19-20-22-24-26-31-35-39-44(49)50-41(36-32-28-25-23-21-14-12-10-8-6-4-2)37-33-29-27-30-34-38-42(46)45-40-43(47)48/h5-8,11-14,16-17,23,25,32,36,41H,3-4,9-10,15,18-22,24,26-31,33-35,37-40H2,1-2H3,(H,45,46)(H,47,48)/b7-5-,8-6-,13-11-,14-12-,17-16-,25-23-,36-32-. The summed E-state index contributed by atoms with van der Waals surface area (Å²) in [5.41, 5.74) is 0. The Morgan fingerprint density at radius 3 is 1.52 bits per heavy atom. The highest BCUT2D eigenvalue weighted by molar-refractivity contribution is 5.80. The fourth-order valence-electron chi connectivity index (χ4n) is 5.20. The molecule has 0 rings (SSSR count). The quantitative estimate of drug-likeness (QED) is 0.0397. The Bertz CT molecular complexity index is 1030. The van der Waals surface area contributed by atoms with E-state index in [0.29, 0.717) is 12.8 Å². The Kier molecular flexibility index (Phi) is 35.8. The van der Waals surface area contributed by atoms with Crippen LogP contribution in [0.2, 0.25) is 0 Å². The van der Waals surface area contributed by atoms with Crippen molar-refractivity contribution in [2.75, 3.05) is 6.54 Å². The molecule has 0 heterocycles. The molecule has 6 nitrogen and oxygen atoms in total. The lowest BCUT2D eigenvalue weighted by atomic mass is 10.1. The average molecular weight is 694 g/mol. The SMILES string of the molecule is CC/C=C\C/C=C\C/C=C\C/C=C\C(CCCCCCCC(=O)NCC(=O)O)OC(=O)CCCCCCCCC/C=C\C/C=C\C/C=C\CC. The maximum Gasteiger partial charge on any atom is 0.322 e. The minimum atomic E-state index is -1.03. The second kappa shape index (κ2) is 38.4. The lowest BCUT2D eigenvalue weighted by Gasteiger charge is -2.14. The van der Waals surface area contributed by atoms with E-state index < -0.39 is 5.97 Å². The molecule has 2 N–H and O–H groups in total. The van der Waals surface area contributed by atoms with Crippen molar-refractivity contribution in [2.45, 2.75) is 168 Å². The predicted molar refractivity (Wildman–Crippen MR) is 212 cm³/mol. The second-order valence-electron chi connectivity index (χ2n) is 12.8. The van der Waals surface area contributed by atoms with Crippen molar-refractivity contribution in [3.05, 3.63) is 85.1 Å². The summed E-state index contributed by atoms with van der Waals surface area (Å²) in [6.45, 7) is 3.97. The van der Waals surface area contributed by atoms with Crippen LogP contribution in [0.5, 0.6) is 0 Å². The number of rotatable bonds is 34. The molecular weight excluding hydrogens is 622 g/mol. The van der Waals surface area contributed by atoms with Gasteiger partial charge in [0.1, 0.15) is 12.6 Å². The van der Waals surface area contributed by atoms with E-state index in [4.69, 9.17) is 9.84 Å². The molecule has 0 aliphatic carbocycles. The van der Waals surface area contributed by atoms with Crippen LogP contribution in [-0.2, 0) is 19.1 Å². The Labute approximate surface area is 306 Å². The third kappa shape index (κ3) is 37.4. The third-order valence-electron chi connectivity index (χ3n) is 8.05. The number of allylic oxidation sites excluding steroid dienone is 13. The first-order valence-corrected chi connectivity index (χ1v) is 19.7. The Hall–Kier alpha value is -3.41. The molecular formula is C44H71NO5. The van der Waals surface area contributed by atoms with Crippen LogP contribution >= 0.6 is 0 Å². The molecule has 0 aromatic heterocycles. The first-order valence-electron chi connectivity index (χ1n) is 19.7. The van der Waals surface area contributed by atoms with Crippen LogP contribution in [-0.4, -0.2) is 35.6 Å². The zero-order chi connectivity index (χ0) is 36.6. The van der Waals surface area contributed by atoms with E-state index in [1.54, 1.807) is 0 Å². The number of aliphatic carboxylic acids is 1. The Balaban J connectivity index is 4.31. The van der Waals surface area contributed by atoms with Gasteiger partial charge in [-0.15, -0.1) is 0 Å². The molecule has 0 aromatic rings. The predicted octanol–water partition coefficient (Wildman–Crippen LogP) is 12.0. The van der Waals surface area contributed by atoms with Crippen LogP contribution in [0.15, 0.2) is 85.1 Å². The van der Waals surface area contributed by atoms with Crippen molar-refractivity contribution < 1.29 is 24.2 Å². The fourth-order valence-corrected chi connectivity index (χ4v) is 5.20. The van der Waals surface area contributed by atoms with Crippen LogP contribution < -0.4 is 5.32 Å². The van der Waals surface area contributed by atoms with Gasteiger partial charge in [0, 0.05) is 12.8 Å². The molecule has 0 saturated carbocycles. The Morgan fingerprint density at radius 2 is 0.980 bits per heavy atom. The monoisotopic (exact) mass is 694 g/mol. The number of carbonyl (C=O) groups excluding carboxylic acids is 2. The van der Waals surface area contributed by atoms with E-state index in [0.717, 1.165) is 103 Å². The van der Waals surface area contributed by atoms with Gasteiger partial charge in [-0.3, -0.25) is 14.4 Å². The number of hydrogen-bond acceptors (Lipinski definition) is 4. The van der Waals surface area contributed by atoms with Crippen molar-refractivity contribution in [1.82, 2.24) is 5.32 Å². The summed E-state index contributed by atoms with van der Waals surface area (Å²) in [5.74, 6) is -1.35. The van der Waals surface area contributed by atoms with Gasteiger partial charge in [-0.1, -0.05) is 144 Å². The van der Waals surface area contributed by atoms with Gasteiger partial charge in [0.25, 0.3) is 0 Å². The number of hydrogen-bond donors (Lipinski definition) is 2. The van der Waals surface area contributed by atoms with Crippen molar-refractivity contribution in [1.29, 1.82) is 0 Å². The largest absolute Gasteiger partial charge is 0.480 e. The zero-order valence-corrected chi connectivity index (χ0v) is 31.7. The van der Waals surface area contributed by atoms with Gasteiger partial charge in [-0.2, -0.15) is 0 Å².